The number of nitrogens with two attached hydrogens (primary N) is 1. The lowest BCUT2D eigenvalue weighted by Crippen LogP contribution is -2.31. The van der Waals surface area contributed by atoms with Crippen LogP contribution in [0.4, 0.5) is 0 Å². The van der Waals surface area contributed by atoms with Crippen molar-refractivity contribution in [3.05, 3.63) is 33.8 Å². The van der Waals surface area contributed by atoms with Gasteiger partial charge in [-0.25, -0.2) is 0 Å². The van der Waals surface area contributed by atoms with E-state index in [1.165, 1.54) is 0 Å². The quantitative estimate of drug-likeness (QED) is 0.650. The summed E-state index contributed by atoms with van der Waals surface area (Å²) in [6.45, 7) is 6.51. The molecular formula is C12H18Cl2N2S. The van der Waals surface area contributed by atoms with Crippen LogP contribution in [0.25, 0.3) is 0 Å². The fourth-order valence-corrected chi connectivity index (χ4v) is 2.71. The molecule has 0 saturated carbocycles. The van der Waals surface area contributed by atoms with Crippen LogP contribution in [-0.4, -0.2) is 10.5 Å². The Morgan fingerprint density at radius 2 is 2.00 bits per heavy atom. The number of thioether (sulfide) groups is 1. The Kier molecular flexibility index (Phi) is 5.61. The van der Waals surface area contributed by atoms with Crippen molar-refractivity contribution in [3.8, 4) is 0 Å². The van der Waals surface area contributed by atoms with Crippen molar-refractivity contribution in [1.82, 2.24) is 5.43 Å². The van der Waals surface area contributed by atoms with Crippen LogP contribution in [-0.2, 0) is 0 Å². The summed E-state index contributed by atoms with van der Waals surface area (Å²) in [6.07, 6.45) is 0. The molecule has 0 spiro atoms. The van der Waals surface area contributed by atoms with Crippen molar-refractivity contribution in [2.24, 2.45) is 5.84 Å². The van der Waals surface area contributed by atoms with E-state index in [0.717, 1.165) is 11.3 Å². The Balaban J connectivity index is 2.82. The molecule has 0 aliphatic carbocycles. The van der Waals surface area contributed by atoms with Crippen LogP contribution in [0.2, 0.25) is 10.0 Å². The minimum Gasteiger partial charge on any atom is -0.271 e. The van der Waals surface area contributed by atoms with Gasteiger partial charge in [0.1, 0.15) is 0 Å². The van der Waals surface area contributed by atoms with Crippen LogP contribution in [0, 0.1) is 0 Å². The Morgan fingerprint density at radius 3 is 2.53 bits per heavy atom. The van der Waals surface area contributed by atoms with Gasteiger partial charge in [0.15, 0.2) is 0 Å². The summed E-state index contributed by atoms with van der Waals surface area (Å²) in [5, 5.41) is 1.36. The summed E-state index contributed by atoms with van der Waals surface area (Å²) in [7, 11) is 0. The lowest BCUT2D eigenvalue weighted by Gasteiger charge is -2.23. The standard InChI is InChI=1S/C12H18Cl2N2S/c1-12(2,3)17-7-11(16-15)9-6-8(13)4-5-10(9)14/h4-6,11,16H,7,15H2,1-3H3. The van der Waals surface area contributed by atoms with E-state index in [1.807, 2.05) is 17.8 Å². The normalized spacial score (nSPS) is 13.8. The molecule has 0 bridgehead atoms. The predicted octanol–water partition coefficient (Wildman–Crippen LogP) is 4.03. The molecule has 2 nitrogen and oxygen atoms in total. The lowest BCUT2D eigenvalue weighted by atomic mass is 10.1. The third kappa shape index (κ3) is 5.06. The topological polar surface area (TPSA) is 38.0 Å². The number of benzene rings is 1. The lowest BCUT2D eigenvalue weighted by molar-refractivity contribution is 0.608. The summed E-state index contributed by atoms with van der Waals surface area (Å²) in [6, 6.07) is 5.44. The second kappa shape index (κ2) is 6.30. The Morgan fingerprint density at radius 1 is 1.35 bits per heavy atom. The largest absolute Gasteiger partial charge is 0.271 e. The third-order valence-corrected chi connectivity index (χ3v) is 4.16. The van der Waals surface area contributed by atoms with Gasteiger partial charge in [-0.3, -0.25) is 11.3 Å². The summed E-state index contributed by atoms with van der Waals surface area (Å²) < 4.78 is 0.195. The molecule has 1 atom stereocenters. The SMILES string of the molecule is CC(C)(C)SCC(NN)c1cc(Cl)ccc1Cl. The van der Waals surface area contributed by atoms with Gasteiger partial charge in [0.2, 0.25) is 0 Å². The monoisotopic (exact) mass is 292 g/mol. The maximum absolute atomic E-state index is 6.16. The Labute approximate surface area is 117 Å². The summed E-state index contributed by atoms with van der Waals surface area (Å²) >= 11 is 14.0. The van der Waals surface area contributed by atoms with Gasteiger partial charge in [-0.2, -0.15) is 11.8 Å². The number of hydrogen-bond acceptors (Lipinski definition) is 3. The summed E-state index contributed by atoms with van der Waals surface area (Å²) in [5.74, 6) is 6.44. The van der Waals surface area contributed by atoms with Crippen molar-refractivity contribution in [1.29, 1.82) is 0 Å². The molecule has 5 heteroatoms. The second-order valence-electron chi connectivity index (χ2n) is 4.81. The molecule has 0 amide bonds. The summed E-state index contributed by atoms with van der Waals surface area (Å²) in [5.41, 5.74) is 3.74. The maximum atomic E-state index is 6.16. The minimum atomic E-state index is 0.00502. The highest BCUT2D eigenvalue weighted by molar-refractivity contribution is 8.00. The number of hydrogen-bond donors (Lipinski definition) is 2. The van der Waals surface area contributed by atoms with Crippen molar-refractivity contribution in [2.45, 2.75) is 31.6 Å². The van der Waals surface area contributed by atoms with Crippen LogP contribution in [0.15, 0.2) is 18.2 Å². The second-order valence-corrected chi connectivity index (χ2v) is 7.50. The highest BCUT2D eigenvalue weighted by Gasteiger charge is 2.18. The molecular weight excluding hydrogens is 275 g/mol. The predicted molar refractivity (Wildman–Crippen MR) is 78.7 cm³/mol. The first-order valence-corrected chi connectivity index (χ1v) is 7.12. The van der Waals surface area contributed by atoms with Gasteiger partial charge in [-0.1, -0.05) is 44.0 Å². The maximum Gasteiger partial charge on any atom is 0.0565 e. The van der Waals surface area contributed by atoms with Gasteiger partial charge >= 0.3 is 0 Å². The van der Waals surface area contributed by atoms with Crippen molar-refractivity contribution < 1.29 is 0 Å². The van der Waals surface area contributed by atoms with E-state index >= 15 is 0 Å². The van der Waals surface area contributed by atoms with E-state index < -0.39 is 0 Å². The van der Waals surface area contributed by atoms with E-state index in [1.54, 1.807) is 12.1 Å². The first kappa shape index (κ1) is 15.1. The molecule has 17 heavy (non-hydrogen) atoms. The van der Waals surface area contributed by atoms with Crippen molar-refractivity contribution in [2.75, 3.05) is 5.75 Å². The van der Waals surface area contributed by atoms with E-state index in [0.29, 0.717) is 10.0 Å². The number of nitrogens with one attached hydrogen (secondary N) is 1. The van der Waals surface area contributed by atoms with Crippen LogP contribution < -0.4 is 11.3 Å². The van der Waals surface area contributed by atoms with Gasteiger partial charge in [0, 0.05) is 20.5 Å². The van der Waals surface area contributed by atoms with Gasteiger partial charge in [-0.15, -0.1) is 0 Å². The third-order valence-electron chi connectivity index (χ3n) is 2.22. The molecule has 0 saturated heterocycles. The average Bonchev–Trinajstić information content (AvgIpc) is 2.22. The minimum absolute atomic E-state index is 0.00502. The molecule has 3 N–H and O–H groups in total. The molecule has 0 aliphatic rings. The fourth-order valence-electron chi connectivity index (χ4n) is 1.34. The van der Waals surface area contributed by atoms with Gasteiger partial charge in [0.25, 0.3) is 0 Å². The molecule has 0 heterocycles. The highest BCUT2D eigenvalue weighted by atomic mass is 35.5. The zero-order valence-electron chi connectivity index (χ0n) is 10.3. The molecule has 0 aromatic heterocycles. The molecule has 0 aliphatic heterocycles. The molecule has 1 aromatic rings. The van der Waals surface area contributed by atoms with Crippen molar-refractivity contribution in [3.63, 3.8) is 0 Å². The molecule has 1 unspecified atom stereocenters. The van der Waals surface area contributed by atoms with E-state index in [2.05, 4.69) is 26.2 Å². The number of hydrazine groups is 1. The number of halogens is 2. The summed E-state index contributed by atoms with van der Waals surface area (Å²) in [4.78, 5) is 0. The van der Waals surface area contributed by atoms with Gasteiger partial charge in [0.05, 0.1) is 6.04 Å². The van der Waals surface area contributed by atoms with Crippen LogP contribution in [0.1, 0.15) is 32.4 Å². The van der Waals surface area contributed by atoms with Gasteiger partial charge < -0.3 is 0 Å². The van der Waals surface area contributed by atoms with Gasteiger partial charge in [-0.05, 0) is 23.8 Å². The molecule has 1 rings (SSSR count). The van der Waals surface area contributed by atoms with Crippen molar-refractivity contribution >= 4 is 35.0 Å². The molecule has 96 valence electrons. The number of rotatable bonds is 4. The van der Waals surface area contributed by atoms with E-state index in [9.17, 15) is 0 Å². The molecule has 1 aromatic carbocycles. The average molecular weight is 293 g/mol. The van der Waals surface area contributed by atoms with Crippen LogP contribution in [0.5, 0.6) is 0 Å². The zero-order valence-corrected chi connectivity index (χ0v) is 12.6. The molecule has 0 radical (unpaired) electrons. The highest BCUT2D eigenvalue weighted by Crippen LogP contribution is 2.32. The fraction of sp³-hybridized carbons (Fsp3) is 0.500. The molecule has 0 fully saturated rings. The van der Waals surface area contributed by atoms with Crippen LogP contribution in [0.3, 0.4) is 0 Å². The smallest absolute Gasteiger partial charge is 0.0565 e. The first-order chi connectivity index (χ1) is 7.83. The Hall–Kier alpha value is 0.0700. The van der Waals surface area contributed by atoms with Crippen LogP contribution >= 0.6 is 35.0 Å². The Bertz CT molecular complexity index is 377. The van der Waals surface area contributed by atoms with E-state index in [-0.39, 0.29) is 10.8 Å². The first-order valence-electron chi connectivity index (χ1n) is 5.38. The zero-order chi connectivity index (χ0) is 13.1. The van der Waals surface area contributed by atoms with E-state index in [4.69, 9.17) is 29.0 Å².